The summed E-state index contributed by atoms with van der Waals surface area (Å²) >= 11 is 0. The van der Waals surface area contributed by atoms with Gasteiger partial charge in [0, 0.05) is 24.3 Å². The van der Waals surface area contributed by atoms with E-state index in [1.54, 1.807) is 19.6 Å². The van der Waals surface area contributed by atoms with Crippen LogP contribution in [0.25, 0.3) is 0 Å². The average Bonchev–Trinajstić information content (AvgIpc) is 2.45. The number of ether oxygens (including phenoxy) is 1. The molecule has 1 heterocycles. The molecule has 19 heavy (non-hydrogen) atoms. The Morgan fingerprint density at radius 1 is 1.32 bits per heavy atom. The van der Waals surface area contributed by atoms with Crippen LogP contribution in [0.2, 0.25) is 0 Å². The van der Waals surface area contributed by atoms with E-state index in [0.717, 1.165) is 17.0 Å². The fraction of sp³-hybridized carbons (Fsp3) is 0.333. The number of hydrogen-bond acceptors (Lipinski definition) is 4. The van der Waals surface area contributed by atoms with Crippen LogP contribution in [0.5, 0.6) is 5.75 Å². The molecule has 1 aromatic heterocycles. The van der Waals surface area contributed by atoms with Crippen LogP contribution in [-0.2, 0) is 6.54 Å². The second-order valence-electron chi connectivity index (χ2n) is 4.55. The summed E-state index contributed by atoms with van der Waals surface area (Å²) in [4.78, 5) is 8.11. The number of benzene rings is 1. The van der Waals surface area contributed by atoms with Gasteiger partial charge in [-0.1, -0.05) is 12.1 Å². The molecule has 0 saturated heterocycles. The van der Waals surface area contributed by atoms with Crippen LogP contribution in [-0.4, -0.2) is 17.1 Å². The van der Waals surface area contributed by atoms with Crippen molar-refractivity contribution in [2.45, 2.75) is 26.4 Å². The number of rotatable bonds is 5. The van der Waals surface area contributed by atoms with Crippen molar-refractivity contribution in [3.05, 3.63) is 53.6 Å². The number of aromatic nitrogens is 2. The maximum Gasteiger partial charge on any atom is 0.123 e. The molecule has 2 rings (SSSR count). The van der Waals surface area contributed by atoms with Crippen molar-refractivity contribution in [1.29, 1.82) is 0 Å². The van der Waals surface area contributed by atoms with E-state index in [1.165, 1.54) is 5.56 Å². The Balaban J connectivity index is 2.05. The van der Waals surface area contributed by atoms with E-state index in [0.29, 0.717) is 6.54 Å². The lowest BCUT2D eigenvalue weighted by Gasteiger charge is -2.17. The molecule has 0 radical (unpaired) electrons. The topological polar surface area (TPSA) is 47.0 Å². The van der Waals surface area contributed by atoms with Crippen LogP contribution < -0.4 is 10.1 Å². The molecular formula is C15H19N3O. The molecule has 0 aliphatic carbocycles. The van der Waals surface area contributed by atoms with Crippen molar-refractivity contribution in [3.63, 3.8) is 0 Å². The molecule has 0 bridgehead atoms. The Morgan fingerprint density at radius 3 is 2.84 bits per heavy atom. The molecular weight excluding hydrogens is 238 g/mol. The van der Waals surface area contributed by atoms with Gasteiger partial charge < -0.3 is 10.1 Å². The minimum Gasteiger partial charge on any atom is -0.496 e. The zero-order valence-corrected chi connectivity index (χ0v) is 11.6. The fourth-order valence-corrected chi connectivity index (χ4v) is 1.97. The zero-order chi connectivity index (χ0) is 13.7. The van der Waals surface area contributed by atoms with Gasteiger partial charge in [0.1, 0.15) is 12.1 Å². The second kappa shape index (κ2) is 6.29. The number of hydrogen-bond donors (Lipinski definition) is 1. The van der Waals surface area contributed by atoms with E-state index in [-0.39, 0.29) is 6.04 Å². The van der Waals surface area contributed by atoms with Crippen molar-refractivity contribution < 1.29 is 4.74 Å². The molecule has 4 heteroatoms. The van der Waals surface area contributed by atoms with Gasteiger partial charge in [-0.3, -0.25) is 0 Å². The predicted octanol–water partition coefficient (Wildman–Crippen LogP) is 2.64. The molecule has 0 fully saturated rings. The summed E-state index contributed by atoms with van der Waals surface area (Å²) in [5.41, 5.74) is 3.33. The van der Waals surface area contributed by atoms with Crippen LogP contribution in [0, 0.1) is 6.92 Å². The van der Waals surface area contributed by atoms with Crippen molar-refractivity contribution >= 4 is 0 Å². The summed E-state index contributed by atoms with van der Waals surface area (Å²) in [6, 6.07) is 8.36. The Morgan fingerprint density at radius 2 is 2.16 bits per heavy atom. The van der Waals surface area contributed by atoms with Gasteiger partial charge in [0.2, 0.25) is 0 Å². The minimum atomic E-state index is 0.200. The van der Waals surface area contributed by atoms with Crippen LogP contribution in [0.1, 0.15) is 29.8 Å². The Labute approximate surface area is 113 Å². The minimum absolute atomic E-state index is 0.200. The quantitative estimate of drug-likeness (QED) is 0.894. The van der Waals surface area contributed by atoms with Crippen molar-refractivity contribution in [2.24, 2.45) is 0 Å². The van der Waals surface area contributed by atoms with Gasteiger partial charge in [0.15, 0.2) is 0 Å². The summed E-state index contributed by atoms with van der Waals surface area (Å²) in [6.07, 6.45) is 3.31. The molecule has 0 spiro atoms. The van der Waals surface area contributed by atoms with Gasteiger partial charge in [-0.05, 0) is 31.5 Å². The van der Waals surface area contributed by atoms with E-state index in [1.807, 2.05) is 6.07 Å². The van der Waals surface area contributed by atoms with Crippen molar-refractivity contribution in [3.8, 4) is 5.75 Å². The second-order valence-corrected chi connectivity index (χ2v) is 4.55. The third-order valence-electron chi connectivity index (χ3n) is 3.09. The predicted molar refractivity (Wildman–Crippen MR) is 75.0 cm³/mol. The maximum absolute atomic E-state index is 5.43. The first-order valence-corrected chi connectivity index (χ1v) is 6.33. The largest absolute Gasteiger partial charge is 0.496 e. The first-order valence-electron chi connectivity index (χ1n) is 6.33. The number of nitrogens with zero attached hydrogens (tertiary/aromatic N) is 2. The summed E-state index contributed by atoms with van der Waals surface area (Å²) in [5.74, 6) is 0.919. The molecule has 1 N–H and O–H groups in total. The van der Waals surface area contributed by atoms with Gasteiger partial charge in [0.05, 0.1) is 12.8 Å². The van der Waals surface area contributed by atoms with E-state index in [2.05, 4.69) is 47.3 Å². The molecule has 0 amide bonds. The van der Waals surface area contributed by atoms with Gasteiger partial charge in [-0.2, -0.15) is 0 Å². The highest BCUT2D eigenvalue weighted by molar-refractivity contribution is 5.39. The van der Waals surface area contributed by atoms with Crippen molar-refractivity contribution in [1.82, 2.24) is 15.3 Å². The van der Waals surface area contributed by atoms with Gasteiger partial charge in [0.25, 0.3) is 0 Å². The highest BCUT2D eigenvalue weighted by Crippen LogP contribution is 2.26. The Kier molecular flexibility index (Phi) is 4.47. The lowest BCUT2D eigenvalue weighted by molar-refractivity contribution is 0.401. The first-order chi connectivity index (χ1) is 9.20. The highest BCUT2D eigenvalue weighted by Gasteiger charge is 2.11. The normalized spacial score (nSPS) is 12.2. The molecule has 0 saturated carbocycles. The maximum atomic E-state index is 5.43. The van der Waals surface area contributed by atoms with Gasteiger partial charge >= 0.3 is 0 Å². The van der Waals surface area contributed by atoms with Gasteiger partial charge in [-0.25, -0.2) is 9.97 Å². The average molecular weight is 257 g/mol. The number of aryl methyl sites for hydroxylation is 1. The van der Waals surface area contributed by atoms with E-state index in [4.69, 9.17) is 4.74 Å². The van der Waals surface area contributed by atoms with Crippen LogP contribution in [0.3, 0.4) is 0 Å². The standard InChI is InChI=1S/C15H19N3O/c1-11-4-5-14(15(8-11)19-3)12(2)17-9-13-6-7-16-10-18-13/h4-8,10,12,17H,9H2,1-3H3. The number of methoxy groups -OCH3 is 1. The van der Waals surface area contributed by atoms with E-state index in [9.17, 15) is 0 Å². The van der Waals surface area contributed by atoms with Crippen LogP contribution in [0.15, 0.2) is 36.8 Å². The summed E-state index contributed by atoms with van der Waals surface area (Å²) < 4.78 is 5.43. The fourth-order valence-electron chi connectivity index (χ4n) is 1.97. The zero-order valence-electron chi connectivity index (χ0n) is 11.6. The first kappa shape index (κ1) is 13.5. The third-order valence-corrected chi connectivity index (χ3v) is 3.09. The lowest BCUT2D eigenvalue weighted by Crippen LogP contribution is -2.19. The molecule has 1 aromatic carbocycles. The molecule has 100 valence electrons. The lowest BCUT2D eigenvalue weighted by atomic mass is 10.0. The Hall–Kier alpha value is -1.94. The van der Waals surface area contributed by atoms with E-state index < -0.39 is 0 Å². The molecule has 2 aromatic rings. The van der Waals surface area contributed by atoms with Crippen LogP contribution in [0.4, 0.5) is 0 Å². The highest BCUT2D eigenvalue weighted by atomic mass is 16.5. The third kappa shape index (κ3) is 3.51. The summed E-state index contributed by atoms with van der Waals surface area (Å²) in [5, 5.41) is 3.44. The molecule has 4 nitrogen and oxygen atoms in total. The van der Waals surface area contributed by atoms with Crippen molar-refractivity contribution in [2.75, 3.05) is 7.11 Å². The van der Waals surface area contributed by atoms with E-state index >= 15 is 0 Å². The van der Waals surface area contributed by atoms with Crippen LogP contribution >= 0.6 is 0 Å². The number of nitrogens with one attached hydrogen (secondary N) is 1. The smallest absolute Gasteiger partial charge is 0.123 e. The summed E-state index contributed by atoms with van der Waals surface area (Å²) in [7, 11) is 1.70. The molecule has 0 aliphatic rings. The molecule has 0 aliphatic heterocycles. The summed E-state index contributed by atoms with van der Waals surface area (Å²) in [6.45, 7) is 4.89. The van der Waals surface area contributed by atoms with Gasteiger partial charge in [-0.15, -0.1) is 0 Å². The molecule has 1 atom stereocenters. The SMILES string of the molecule is COc1cc(C)ccc1C(C)NCc1ccncn1. The monoisotopic (exact) mass is 257 g/mol. The molecule has 1 unspecified atom stereocenters. The Bertz CT molecular complexity index is 528.